The lowest BCUT2D eigenvalue weighted by Crippen LogP contribution is -2.12. The Labute approximate surface area is 185 Å². The topological polar surface area (TPSA) is 82.2 Å². The lowest BCUT2D eigenvalue weighted by Gasteiger charge is -2.10. The maximum Gasteiger partial charge on any atom is 0.248 e. The summed E-state index contributed by atoms with van der Waals surface area (Å²) in [6.45, 7) is 0.684. The van der Waals surface area contributed by atoms with Gasteiger partial charge in [-0.1, -0.05) is 23.7 Å². The minimum atomic E-state index is -0.488. The van der Waals surface area contributed by atoms with Gasteiger partial charge in [0.2, 0.25) is 5.91 Å². The molecule has 0 atom stereocenters. The van der Waals surface area contributed by atoms with Crippen LogP contribution in [0.4, 0.5) is 33.1 Å². The monoisotopic (exact) mass is 440 g/mol. The summed E-state index contributed by atoms with van der Waals surface area (Å²) in [6.07, 6.45) is 4.70. The molecule has 1 amide bonds. The first-order chi connectivity index (χ1) is 14.9. The summed E-state index contributed by atoms with van der Waals surface area (Å²) < 4.78 is 13.3. The van der Waals surface area contributed by atoms with Crippen molar-refractivity contribution in [1.82, 2.24) is 14.9 Å². The highest BCUT2D eigenvalue weighted by atomic mass is 35.5. The van der Waals surface area contributed by atoms with Gasteiger partial charge in [0.05, 0.1) is 5.02 Å². The van der Waals surface area contributed by atoms with E-state index < -0.39 is 5.82 Å². The minimum Gasteiger partial charge on any atom is -0.340 e. The number of amides is 1. The number of aromatic nitrogens is 2. The molecule has 0 aliphatic rings. The van der Waals surface area contributed by atoms with Gasteiger partial charge < -0.3 is 20.9 Å². The van der Waals surface area contributed by atoms with E-state index in [1.807, 2.05) is 31.1 Å². The fourth-order valence-corrected chi connectivity index (χ4v) is 2.77. The van der Waals surface area contributed by atoms with Gasteiger partial charge in [0.15, 0.2) is 0 Å². The Kier molecular flexibility index (Phi) is 7.53. The van der Waals surface area contributed by atoms with Gasteiger partial charge in [0.25, 0.3) is 0 Å². The lowest BCUT2D eigenvalue weighted by molar-refractivity contribution is -0.111. The smallest absolute Gasteiger partial charge is 0.248 e. The van der Waals surface area contributed by atoms with Crippen LogP contribution in [0.1, 0.15) is 0 Å². The summed E-state index contributed by atoms with van der Waals surface area (Å²) in [7, 11) is 3.86. The summed E-state index contributed by atoms with van der Waals surface area (Å²) >= 11 is 5.81. The average molecular weight is 441 g/mol. The van der Waals surface area contributed by atoms with E-state index in [0.717, 1.165) is 5.69 Å². The molecule has 160 valence electrons. The van der Waals surface area contributed by atoms with Gasteiger partial charge >= 0.3 is 0 Å². The summed E-state index contributed by atoms with van der Waals surface area (Å²) in [6, 6.07) is 13.3. The number of halogens is 2. The Hall–Kier alpha value is -3.49. The molecule has 0 unspecified atom stereocenters. The molecule has 0 bridgehead atoms. The number of nitrogens with one attached hydrogen (secondary N) is 3. The van der Waals surface area contributed by atoms with Crippen LogP contribution in [0.3, 0.4) is 0 Å². The fourth-order valence-electron chi connectivity index (χ4n) is 2.59. The minimum absolute atomic E-state index is 0.0211. The third-order valence-corrected chi connectivity index (χ3v) is 4.29. The molecular weight excluding hydrogens is 419 g/mol. The molecule has 3 rings (SSSR count). The zero-order chi connectivity index (χ0) is 22.2. The second kappa shape index (κ2) is 10.5. The zero-order valence-corrected chi connectivity index (χ0v) is 17.8. The normalized spacial score (nSPS) is 11.0. The maximum atomic E-state index is 13.3. The van der Waals surface area contributed by atoms with Crippen molar-refractivity contribution in [2.45, 2.75) is 0 Å². The van der Waals surface area contributed by atoms with Gasteiger partial charge in [0.1, 0.15) is 23.8 Å². The second-order valence-electron chi connectivity index (χ2n) is 6.90. The van der Waals surface area contributed by atoms with Gasteiger partial charge in [-0.15, -0.1) is 0 Å². The molecule has 7 nitrogen and oxygen atoms in total. The summed E-state index contributed by atoms with van der Waals surface area (Å²) in [4.78, 5) is 22.4. The Morgan fingerprint density at radius 1 is 1.03 bits per heavy atom. The molecule has 0 saturated heterocycles. The quantitative estimate of drug-likeness (QED) is 0.436. The highest BCUT2D eigenvalue weighted by Crippen LogP contribution is 2.24. The number of anilines is 5. The fraction of sp³-hybridized carbons (Fsp3) is 0.136. The molecule has 2 aromatic carbocycles. The highest BCUT2D eigenvalue weighted by Gasteiger charge is 2.05. The Bertz CT molecular complexity index is 1090. The van der Waals surface area contributed by atoms with E-state index in [2.05, 4.69) is 25.9 Å². The Morgan fingerprint density at radius 3 is 2.39 bits per heavy atom. The first kappa shape index (κ1) is 22.2. The first-order valence-electron chi connectivity index (χ1n) is 9.42. The molecule has 0 spiro atoms. The maximum absolute atomic E-state index is 13.3. The van der Waals surface area contributed by atoms with E-state index in [1.165, 1.54) is 24.5 Å². The largest absolute Gasteiger partial charge is 0.340 e. The molecule has 3 N–H and O–H groups in total. The van der Waals surface area contributed by atoms with E-state index in [-0.39, 0.29) is 10.9 Å². The second-order valence-corrected chi connectivity index (χ2v) is 7.31. The molecule has 0 fully saturated rings. The number of hydrogen-bond donors (Lipinski definition) is 3. The molecule has 1 aromatic heterocycles. The molecule has 9 heteroatoms. The van der Waals surface area contributed by atoms with Crippen LogP contribution in [0.15, 0.2) is 67.0 Å². The average Bonchev–Trinajstić information content (AvgIpc) is 2.71. The van der Waals surface area contributed by atoms with Crippen LogP contribution in [0.2, 0.25) is 5.02 Å². The molecule has 0 aliphatic heterocycles. The molecular formula is C22H22ClFN6O. The number of likely N-dealkylation sites (N-methyl/N-ethyl adjacent to an activating group) is 1. The summed E-state index contributed by atoms with van der Waals surface area (Å²) in [5.41, 5.74) is 1.99. The number of nitrogens with zero attached hydrogens (tertiary/aromatic N) is 3. The third-order valence-electron chi connectivity index (χ3n) is 4.00. The number of rotatable bonds is 8. The molecule has 0 aliphatic carbocycles. The van der Waals surface area contributed by atoms with E-state index in [1.54, 1.807) is 30.3 Å². The SMILES string of the molecule is CN(C)C/C=C/C(=O)Nc1cccc(Nc2cc(Nc3ccc(F)c(Cl)c3)ncn2)c1. The van der Waals surface area contributed by atoms with Gasteiger partial charge in [-0.2, -0.15) is 0 Å². The predicted molar refractivity (Wildman–Crippen MR) is 123 cm³/mol. The van der Waals surface area contributed by atoms with Crippen molar-refractivity contribution >= 4 is 46.2 Å². The van der Waals surface area contributed by atoms with E-state index >= 15 is 0 Å². The zero-order valence-electron chi connectivity index (χ0n) is 17.1. The van der Waals surface area contributed by atoms with E-state index in [0.29, 0.717) is 29.6 Å². The number of benzene rings is 2. The molecule has 31 heavy (non-hydrogen) atoms. The van der Waals surface area contributed by atoms with Crippen molar-refractivity contribution in [3.8, 4) is 0 Å². The van der Waals surface area contributed by atoms with Gasteiger partial charge in [0, 0.05) is 35.7 Å². The summed E-state index contributed by atoms with van der Waals surface area (Å²) in [5, 5.41) is 9.07. The van der Waals surface area contributed by atoms with Crippen molar-refractivity contribution in [3.05, 3.63) is 77.9 Å². The Balaban J connectivity index is 1.65. The van der Waals surface area contributed by atoms with Crippen LogP contribution in [-0.4, -0.2) is 41.4 Å². The summed E-state index contributed by atoms with van der Waals surface area (Å²) in [5.74, 6) is 0.360. The van der Waals surface area contributed by atoms with Crippen molar-refractivity contribution in [3.63, 3.8) is 0 Å². The predicted octanol–water partition coefficient (Wildman–Crippen LogP) is 4.81. The van der Waals surface area contributed by atoms with Gasteiger partial charge in [-0.05, 0) is 50.5 Å². The van der Waals surface area contributed by atoms with Crippen LogP contribution in [0.5, 0.6) is 0 Å². The van der Waals surface area contributed by atoms with Crippen molar-refractivity contribution in [1.29, 1.82) is 0 Å². The number of carbonyl (C=O) groups excluding carboxylic acids is 1. The Morgan fingerprint density at radius 2 is 1.71 bits per heavy atom. The molecule has 0 saturated carbocycles. The van der Waals surface area contributed by atoms with Gasteiger partial charge in [-0.3, -0.25) is 4.79 Å². The van der Waals surface area contributed by atoms with Crippen molar-refractivity contribution in [2.24, 2.45) is 0 Å². The standard InChI is InChI=1S/C22H22ClFN6O/c1-30(2)10-4-7-22(31)29-16-6-3-5-15(11-16)27-20-13-21(26-14-25-20)28-17-8-9-19(24)18(23)12-17/h3-9,11-14H,10H2,1-2H3,(H,29,31)(H2,25,26,27,28)/b7-4+. The van der Waals surface area contributed by atoms with Crippen LogP contribution in [0.25, 0.3) is 0 Å². The molecule has 3 aromatic rings. The molecule has 1 heterocycles. The number of hydrogen-bond acceptors (Lipinski definition) is 6. The van der Waals surface area contributed by atoms with E-state index in [4.69, 9.17) is 11.6 Å². The highest BCUT2D eigenvalue weighted by molar-refractivity contribution is 6.31. The molecule has 0 radical (unpaired) electrons. The van der Waals surface area contributed by atoms with Crippen LogP contribution >= 0.6 is 11.6 Å². The van der Waals surface area contributed by atoms with Crippen molar-refractivity contribution in [2.75, 3.05) is 36.6 Å². The lowest BCUT2D eigenvalue weighted by atomic mass is 10.2. The van der Waals surface area contributed by atoms with Gasteiger partial charge in [-0.25, -0.2) is 14.4 Å². The van der Waals surface area contributed by atoms with Crippen molar-refractivity contribution < 1.29 is 9.18 Å². The first-order valence-corrected chi connectivity index (χ1v) is 9.80. The van der Waals surface area contributed by atoms with Crippen LogP contribution in [0, 0.1) is 5.82 Å². The third kappa shape index (κ3) is 7.06. The van der Waals surface area contributed by atoms with E-state index in [9.17, 15) is 9.18 Å². The van der Waals surface area contributed by atoms with Crippen LogP contribution in [-0.2, 0) is 4.79 Å². The van der Waals surface area contributed by atoms with Crippen LogP contribution < -0.4 is 16.0 Å². The number of carbonyl (C=O) groups is 1.